The van der Waals surface area contributed by atoms with Gasteiger partial charge in [0.05, 0.1) is 6.10 Å². The molecule has 0 saturated carbocycles. The molecule has 0 aromatic heterocycles. The van der Waals surface area contributed by atoms with Gasteiger partial charge in [-0.1, -0.05) is 25.1 Å². The smallest absolute Gasteiger partial charge is 0.0540 e. The maximum Gasteiger partial charge on any atom is 0.0540 e. The van der Waals surface area contributed by atoms with Gasteiger partial charge in [0.25, 0.3) is 0 Å². The minimum Gasteiger partial charge on any atom is -0.393 e. The van der Waals surface area contributed by atoms with Gasteiger partial charge >= 0.3 is 0 Å². The lowest BCUT2D eigenvalue weighted by atomic mass is 9.97. The maximum absolute atomic E-state index is 9.50. The number of aliphatic hydroxyl groups excluding tert-OH is 1. The second kappa shape index (κ2) is 5.16. The van der Waals surface area contributed by atoms with Crippen LogP contribution in [-0.2, 0) is 6.42 Å². The molecule has 78 valence electrons. The van der Waals surface area contributed by atoms with Crippen LogP contribution in [0.3, 0.4) is 0 Å². The van der Waals surface area contributed by atoms with E-state index in [1.54, 1.807) is 0 Å². The Balaban J connectivity index is 2.66. The van der Waals surface area contributed by atoms with E-state index in [4.69, 9.17) is 0 Å². The lowest BCUT2D eigenvalue weighted by Crippen LogP contribution is -2.07. The standard InChI is InChI=1S/C13H20O/c1-4-12(14)8-9-13-10(2)6-5-7-11(13)3/h5-7,12,14H,4,8-9H2,1-3H3. The Morgan fingerprint density at radius 1 is 1.21 bits per heavy atom. The van der Waals surface area contributed by atoms with E-state index in [1.165, 1.54) is 16.7 Å². The molecule has 0 aliphatic heterocycles. The molecule has 0 spiro atoms. The molecule has 1 N–H and O–H groups in total. The molecule has 1 nitrogen and oxygen atoms in total. The fraction of sp³-hybridized carbons (Fsp3) is 0.538. The van der Waals surface area contributed by atoms with Gasteiger partial charge in [-0.3, -0.25) is 0 Å². The number of aryl methyl sites for hydroxylation is 2. The first-order chi connectivity index (χ1) is 6.65. The van der Waals surface area contributed by atoms with Gasteiger partial charge in [-0.2, -0.15) is 0 Å². The van der Waals surface area contributed by atoms with Crippen LogP contribution in [0.25, 0.3) is 0 Å². The highest BCUT2D eigenvalue weighted by molar-refractivity contribution is 5.33. The van der Waals surface area contributed by atoms with E-state index < -0.39 is 0 Å². The zero-order valence-corrected chi connectivity index (χ0v) is 9.38. The predicted molar refractivity (Wildman–Crippen MR) is 60.5 cm³/mol. The molecule has 0 fully saturated rings. The molecule has 1 unspecified atom stereocenters. The Morgan fingerprint density at radius 3 is 2.29 bits per heavy atom. The second-order valence-corrected chi connectivity index (χ2v) is 3.97. The molecule has 0 aliphatic rings. The number of hydrogen-bond acceptors (Lipinski definition) is 1. The zero-order chi connectivity index (χ0) is 10.6. The summed E-state index contributed by atoms with van der Waals surface area (Å²) in [5.41, 5.74) is 4.08. The maximum atomic E-state index is 9.50. The lowest BCUT2D eigenvalue weighted by Gasteiger charge is -2.11. The summed E-state index contributed by atoms with van der Waals surface area (Å²) in [7, 11) is 0. The van der Waals surface area contributed by atoms with E-state index in [0.29, 0.717) is 0 Å². The van der Waals surface area contributed by atoms with E-state index in [2.05, 4.69) is 32.0 Å². The normalized spacial score (nSPS) is 12.9. The van der Waals surface area contributed by atoms with Gasteiger partial charge in [0.2, 0.25) is 0 Å². The molecule has 1 aromatic rings. The van der Waals surface area contributed by atoms with Crippen LogP contribution < -0.4 is 0 Å². The van der Waals surface area contributed by atoms with Crippen LogP contribution in [0.1, 0.15) is 36.5 Å². The van der Waals surface area contributed by atoms with Crippen molar-refractivity contribution in [2.24, 2.45) is 0 Å². The van der Waals surface area contributed by atoms with Gasteiger partial charge in [-0.15, -0.1) is 0 Å². The third-order valence-electron chi connectivity index (χ3n) is 2.84. The number of rotatable bonds is 4. The number of aliphatic hydroxyl groups is 1. The lowest BCUT2D eigenvalue weighted by molar-refractivity contribution is 0.160. The van der Waals surface area contributed by atoms with Crippen molar-refractivity contribution in [2.45, 2.75) is 46.1 Å². The van der Waals surface area contributed by atoms with Gasteiger partial charge in [0, 0.05) is 0 Å². The molecular formula is C13H20O. The molecule has 1 rings (SSSR count). The predicted octanol–water partition coefficient (Wildman–Crippen LogP) is 3.01. The zero-order valence-electron chi connectivity index (χ0n) is 9.38. The molecule has 0 amide bonds. The van der Waals surface area contributed by atoms with E-state index in [0.717, 1.165) is 19.3 Å². The third kappa shape index (κ3) is 2.85. The summed E-state index contributed by atoms with van der Waals surface area (Å²) in [6, 6.07) is 6.37. The highest BCUT2D eigenvalue weighted by Gasteiger charge is 2.05. The van der Waals surface area contributed by atoms with Gasteiger partial charge in [0.1, 0.15) is 0 Å². The summed E-state index contributed by atoms with van der Waals surface area (Å²) >= 11 is 0. The first-order valence-corrected chi connectivity index (χ1v) is 5.38. The molecule has 0 aliphatic carbocycles. The van der Waals surface area contributed by atoms with Gasteiger partial charge in [-0.05, 0) is 49.8 Å². The summed E-state index contributed by atoms with van der Waals surface area (Å²) in [5.74, 6) is 0. The molecule has 0 radical (unpaired) electrons. The van der Waals surface area contributed by atoms with Crippen LogP contribution >= 0.6 is 0 Å². The SMILES string of the molecule is CCC(O)CCc1c(C)cccc1C. The van der Waals surface area contributed by atoms with E-state index in [9.17, 15) is 5.11 Å². The summed E-state index contributed by atoms with van der Waals surface area (Å²) in [5, 5.41) is 9.50. The highest BCUT2D eigenvalue weighted by atomic mass is 16.3. The van der Waals surface area contributed by atoms with Crippen molar-refractivity contribution in [2.75, 3.05) is 0 Å². The molecule has 1 aromatic carbocycles. The van der Waals surface area contributed by atoms with Crippen molar-refractivity contribution in [3.8, 4) is 0 Å². The summed E-state index contributed by atoms with van der Waals surface area (Å²) in [4.78, 5) is 0. The molecule has 0 bridgehead atoms. The first-order valence-electron chi connectivity index (χ1n) is 5.38. The van der Waals surface area contributed by atoms with Gasteiger partial charge in [-0.25, -0.2) is 0 Å². The molecule has 0 heterocycles. The second-order valence-electron chi connectivity index (χ2n) is 3.97. The third-order valence-corrected chi connectivity index (χ3v) is 2.84. The minimum atomic E-state index is -0.144. The molecular weight excluding hydrogens is 172 g/mol. The minimum absolute atomic E-state index is 0.144. The molecule has 1 atom stereocenters. The monoisotopic (exact) mass is 192 g/mol. The summed E-state index contributed by atoms with van der Waals surface area (Å²) in [6.07, 6.45) is 2.58. The Hall–Kier alpha value is -0.820. The van der Waals surface area contributed by atoms with Crippen molar-refractivity contribution in [3.05, 3.63) is 34.9 Å². The van der Waals surface area contributed by atoms with Crippen LogP contribution in [0, 0.1) is 13.8 Å². The van der Waals surface area contributed by atoms with Crippen molar-refractivity contribution < 1.29 is 5.11 Å². The Kier molecular flexibility index (Phi) is 4.15. The molecule has 1 heteroatoms. The van der Waals surface area contributed by atoms with Crippen LogP contribution in [0.2, 0.25) is 0 Å². The van der Waals surface area contributed by atoms with Gasteiger partial charge in [0.15, 0.2) is 0 Å². The Labute approximate surface area is 86.8 Å². The van der Waals surface area contributed by atoms with Crippen molar-refractivity contribution in [3.63, 3.8) is 0 Å². The fourth-order valence-corrected chi connectivity index (χ4v) is 1.76. The van der Waals surface area contributed by atoms with Crippen LogP contribution in [-0.4, -0.2) is 11.2 Å². The van der Waals surface area contributed by atoms with Crippen LogP contribution in [0.4, 0.5) is 0 Å². The first kappa shape index (κ1) is 11.3. The topological polar surface area (TPSA) is 20.2 Å². The Bertz CT molecular complexity index is 271. The van der Waals surface area contributed by atoms with Crippen LogP contribution in [0.15, 0.2) is 18.2 Å². The van der Waals surface area contributed by atoms with Crippen LogP contribution in [0.5, 0.6) is 0 Å². The van der Waals surface area contributed by atoms with Crippen molar-refractivity contribution >= 4 is 0 Å². The number of benzene rings is 1. The Morgan fingerprint density at radius 2 is 1.79 bits per heavy atom. The molecule has 14 heavy (non-hydrogen) atoms. The van der Waals surface area contributed by atoms with E-state index in [1.807, 2.05) is 6.92 Å². The quantitative estimate of drug-likeness (QED) is 0.777. The molecule has 0 saturated heterocycles. The largest absolute Gasteiger partial charge is 0.393 e. The van der Waals surface area contributed by atoms with E-state index in [-0.39, 0.29) is 6.10 Å². The average Bonchev–Trinajstić information content (AvgIpc) is 2.16. The van der Waals surface area contributed by atoms with Crippen molar-refractivity contribution in [1.82, 2.24) is 0 Å². The fourth-order valence-electron chi connectivity index (χ4n) is 1.76. The average molecular weight is 192 g/mol. The summed E-state index contributed by atoms with van der Waals surface area (Å²) in [6.45, 7) is 6.30. The van der Waals surface area contributed by atoms with Gasteiger partial charge < -0.3 is 5.11 Å². The van der Waals surface area contributed by atoms with Crippen molar-refractivity contribution in [1.29, 1.82) is 0 Å². The van der Waals surface area contributed by atoms with E-state index >= 15 is 0 Å². The number of hydrogen-bond donors (Lipinski definition) is 1. The highest BCUT2D eigenvalue weighted by Crippen LogP contribution is 2.16. The summed E-state index contributed by atoms with van der Waals surface area (Å²) < 4.78 is 0.